The van der Waals surface area contributed by atoms with E-state index >= 15 is 0 Å². The Morgan fingerprint density at radius 2 is 1.55 bits per heavy atom. The maximum atomic E-state index is 8.98. The fourth-order valence-corrected chi connectivity index (χ4v) is 2.64. The van der Waals surface area contributed by atoms with E-state index in [9.17, 15) is 0 Å². The molecule has 1 N–H and O–H groups in total. The lowest BCUT2D eigenvalue weighted by molar-refractivity contribution is 0.00658. The summed E-state index contributed by atoms with van der Waals surface area (Å²) in [5.41, 5.74) is 1.42. The molecule has 0 radical (unpaired) electrons. The van der Waals surface area contributed by atoms with Gasteiger partial charge in [0, 0.05) is 13.2 Å². The minimum atomic E-state index is 0.303. The van der Waals surface area contributed by atoms with Gasteiger partial charge in [-0.15, -0.1) is 0 Å². The molecule has 2 nitrogen and oxygen atoms in total. The first-order valence-electron chi connectivity index (χ1n) is 9.22. The molecule has 0 aromatic heterocycles. The van der Waals surface area contributed by atoms with Gasteiger partial charge in [-0.3, -0.25) is 0 Å². The summed E-state index contributed by atoms with van der Waals surface area (Å²) in [6.07, 6.45) is 9.48. The van der Waals surface area contributed by atoms with Crippen molar-refractivity contribution >= 4 is 0 Å². The van der Waals surface area contributed by atoms with Gasteiger partial charge in [0.05, 0.1) is 6.10 Å². The van der Waals surface area contributed by atoms with E-state index in [-0.39, 0.29) is 0 Å². The standard InChI is InChI=1S/C20H40O2/c1-16(2)8-7-9-18(5)13-15-22-20(17(3)4)11-10-19(6)12-14-21/h8,17-21H,7,9-15H2,1-6H3/t18-,19-,20+/m0/s1. The molecule has 0 bridgehead atoms. The average molecular weight is 313 g/mol. The minimum Gasteiger partial charge on any atom is -0.396 e. The molecule has 0 fully saturated rings. The van der Waals surface area contributed by atoms with Gasteiger partial charge in [0.2, 0.25) is 0 Å². The molecule has 0 rings (SSSR count). The molecule has 0 unspecified atom stereocenters. The maximum Gasteiger partial charge on any atom is 0.0598 e. The predicted molar refractivity (Wildman–Crippen MR) is 97.1 cm³/mol. The van der Waals surface area contributed by atoms with E-state index in [2.05, 4.69) is 47.6 Å². The average Bonchev–Trinajstić information content (AvgIpc) is 2.42. The van der Waals surface area contributed by atoms with Crippen molar-refractivity contribution in [1.29, 1.82) is 0 Å². The van der Waals surface area contributed by atoms with Crippen LogP contribution in [0.4, 0.5) is 0 Å². The smallest absolute Gasteiger partial charge is 0.0598 e. The van der Waals surface area contributed by atoms with E-state index in [1.54, 1.807) is 0 Å². The topological polar surface area (TPSA) is 29.5 Å². The van der Waals surface area contributed by atoms with Crippen LogP contribution in [0.5, 0.6) is 0 Å². The van der Waals surface area contributed by atoms with Gasteiger partial charge in [0.1, 0.15) is 0 Å². The molecule has 2 heteroatoms. The van der Waals surface area contributed by atoms with Crippen LogP contribution in [0.15, 0.2) is 11.6 Å². The zero-order chi connectivity index (χ0) is 17.0. The molecule has 132 valence electrons. The molecule has 0 spiro atoms. The molecule has 0 saturated heterocycles. The second kappa shape index (κ2) is 13.1. The van der Waals surface area contributed by atoms with Gasteiger partial charge < -0.3 is 9.84 Å². The van der Waals surface area contributed by atoms with E-state index in [1.807, 2.05) is 0 Å². The number of aliphatic hydroxyl groups is 1. The molecule has 0 amide bonds. The third-order valence-electron chi connectivity index (χ3n) is 4.46. The van der Waals surface area contributed by atoms with Gasteiger partial charge in [-0.1, -0.05) is 39.3 Å². The first-order valence-corrected chi connectivity index (χ1v) is 9.22. The third-order valence-corrected chi connectivity index (χ3v) is 4.46. The summed E-state index contributed by atoms with van der Waals surface area (Å²) >= 11 is 0. The summed E-state index contributed by atoms with van der Waals surface area (Å²) < 4.78 is 6.15. The number of rotatable bonds is 13. The van der Waals surface area contributed by atoms with E-state index in [0.29, 0.717) is 24.5 Å². The molecule has 0 aliphatic rings. The highest BCUT2D eigenvalue weighted by molar-refractivity contribution is 4.92. The monoisotopic (exact) mass is 312 g/mol. The summed E-state index contributed by atoms with van der Waals surface area (Å²) in [6, 6.07) is 0. The number of ether oxygens (including phenoxy) is 1. The Morgan fingerprint density at radius 3 is 2.09 bits per heavy atom. The lowest BCUT2D eigenvalue weighted by Crippen LogP contribution is -2.22. The molecule has 0 aliphatic heterocycles. The van der Waals surface area contributed by atoms with Crippen LogP contribution < -0.4 is 0 Å². The van der Waals surface area contributed by atoms with E-state index in [0.717, 1.165) is 38.2 Å². The fourth-order valence-electron chi connectivity index (χ4n) is 2.64. The van der Waals surface area contributed by atoms with Crippen LogP contribution in [0.3, 0.4) is 0 Å². The Kier molecular flexibility index (Phi) is 12.9. The number of hydrogen-bond acceptors (Lipinski definition) is 2. The lowest BCUT2D eigenvalue weighted by Gasteiger charge is -2.24. The third kappa shape index (κ3) is 12.2. The van der Waals surface area contributed by atoms with E-state index in [1.165, 1.54) is 18.4 Å². The Balaban J connectivity index is 3.92. The molecular weight excluding hydrogens is 272 g/mol. The van der Waals surface area contributed by atoms with Crippen LogP contribution in [-0.4, -0.2) is 24.4 Å². The molecule has 0 aliphatic carbocycles. The van der Waals surface area contributed by atoms with E-state index < -0.39 is 0 Å². The first-order chi connectivity index (χ1) is 10.4. The zero-order valence-electron chi connectivity index (χ0n) is 15.9. The second-order valence-electron chi connectivity index (χ2n) is 7.60. The SMILES string of the molecule is CC(C)=CCC[C@H](C)CCO[C@H](CC[C@H](C)CCO)C(C)C. The highest BCUT2D eigenvalue weighted by Gasteiger charge is 2.15. The van der Waals surface area contributed by atoms with Gasteiger partial charge in [-0.25, -0.2) is 0 Å². The second-order valence-corrected chi connectivity index (χ2v) is 7.60. The molecule has 0 heterocycles. The van der Waals surface area contributed by atoms with E-state index in [4.69, 9.17) is 9.84 Å². The van der Waals surface area contributed by atoms with Crippen molar-refractivity contribution in [3.05, 3.63) is 11.6 Å². The fraction of sp³-hybridized carbons (Fsp3) is 0.900. The maximum absolute atomic E-state index is 8.98. The Bertz CT molecular complexity index is 279. The Labute approximate surface area is 139 Å². The predicted octanol–water partition coefficient (Wildman–Crippen LogP) is 5.60. The lowest BCUT2D eigenvalue weighted by atomic mass is 9.95. The zero-order valence-corrected chi connectivity index (χ0v) is 15.9. The molecule has 0 aromatic rings. The van der Waals surface area contributed by atoms with Crippen LogP contribution >= 0.6 is 0 Å². The summed E-state index contributed by atoms with van der Waals surface area (Å²) in [5.74, 6) is 1.90. The number of hydrogen-bond donors (Lipinski definition) is 1. The molecule has 3 atom stereocenters. The van der Waals surface area contributed by atoms with Crippen molar-refractivity contribution in [2.45, 2.75) is 86.2 Å². The van der Waals surface area contributed by atoms with Crippen molar-refractivity contribution in [3.63, 3.8) is 0 Å². The van der Waals surface area contributed by atoms with Crippen LogP contribution in [0.1, 0.15) is 80.1 Å². The summed E-state index contributed by atoms with van der Waals surface area (Å²) in [5, 5.41) is 8.98. The van der Waals surface area contributed by atoms with Gasteiger partial charge in [-0.05, 0) is 70.1 Å². The number of allylic oxidation sites excluding steroid dienone is 2. The Morgan fingerprint density at radius 1 is 0.909 bits per heavy atom. The van der Waals surface area contributed by atoms with Crippen LogP contribution in [0.25, 0.3) is 0 Å². The summed E-state index contributed by atoms with van der Waals surface area (Å²) in [6.45, 7) is 14.6. The first kappa shape index (κ1) is 21.7. The Hall–Kier alpha value is -0.340. The summed E-state index contributed by atoms with van der Waals surface area (Å²) in [4.78, 5) is 0. The molecule has 0 saturated carbocycles. The van der Waals surface area contributed by atoms with Crippen LogP contribution in [0.2, 0.25) is 0 Å². The van der Waals surface area contributed by atoms with Gasteiger partial charge in [-0.2, -0.15) is 0 Å². The minimum absolute atomic E-state index is 0.303. The van der Waals surface area contributed by atoms with Gasteiger partial charge >= 0.3 is 0 Å². The quantitative estimate of drug-likeness (QED) is 0.449. The van der Waals surface area contributed by atoms with Crippen molar-refractivity contribution in [2.24, 2.45) is 17.8 Å². The highest BCUT2D eigenvalue weighted by atomic mass is 16.5. The van der Waals surface area contributed by atoms with Crippen molar-refractivity contribution in [2.75, 3.05) is 13.2 Å². The molecular formula is C20H40O2. The van der Waals surface area contributed by atoms with Crippen LogP contribution in [-0.2, 0) is 4.74 Å². The van der Waals surface area contributed by atoms with Crippen LogP contribution in [0, 0.1) is 17.8 Å². The van der Waals surface area contributed by atoms with Gasteiger partial charge in [0.15, 0.2) is 0 Å². The van der Waals surface area contributed by atoms with Crippen molar-refractivity contribution in [1.82, 2.24) is 0 Å². The molecule has 22 heavy (non-hydrogen) atoms. The largest absolute Gasteiger partial charge is 0.396 e. The number of aliphatic hydroxyl groups excluding tert-OH is 1. The van der Waals surface area contributed by atoms with Gasteiger partial charge in [0.25, 0.3) is 0 Å². The highest BCUT2D eigenvalue weighted by Crippen LogP contribution is 2.20. The molecule has 0 aromatic carbocycles. The summed E-state index contributed by atoms with van der Waals surface area (Å²) in [7, 11) is 0. The normalized spacial score (nSPS) is 15.6. The van der Waals surface area contributed by atoms with Crippen molar-refractivity contribution in [3.8, 4) is 0 Å². The van der Waals surface area contributed by atoms with Crippen molar-refractivity contribution < 1.29 is 9.84 Å².